The van der Waals surface area contributed by atoms with E-state index in [9.17, 15) is 8.42 Å². The molecule has 0 aromatic carbocycles. The van der Waals surface area contributed by atoms with Crippen molar-refractivity contribution in [2.45, 2.75) is 31.7 Å². The van der Waals surface area contributed by atoms with Crippen molar-refractivity contribution in [1.29, 1.82) is 0 Å². The van der Waals surface area contributed by atoms with Crippen molar-refractivity contribution in [2.24, 2.45) is 0 Å². The van der Waals surface area contributed by atoms with Gasteiger partial charge in [-0.2, -0.15) is 11.8 Å². The molecule has 1 aliphatic rings. The predicted octanol–water partition coefficient (Wildman–Crippen LogP) is 0.811. The highest BCUT2D eigenvalue weighted by molar-refractivity contribution is 8.00. The number of rotatable bonds is 9. The van der Waals surface area contributed by atoms with Crippen LogP contribution in [-0.2, 0) is 14.6 Å². The van der Waals surface area contributed by atoms with Crippen LogP contribution in [0.2, 0.25) is 0 Å². The third kappa shape index (κ3) is 7.26. The Bertz CT molecular complexity index is 361. The minimum absolute atomic E-state index is 0.288. The maximum absolute atomic E-state index is 11.7. The van der Waals surface area contributed by atoms with Crippen molar-refractivity contribution >= 4 is 21.6 Å². The highest BCUT2D eigenvalue weighted by Crippen LogP contribution is 2.19. The number of thioether (sulfide) groups is 1. The van der Waals surface area contributed by atoms with Crippen LogP contribution in [-0.4, -0.2) is 75.3 Å². The van der Waals surface area contributed by atoms with Gasteiger partial charge < -0.3 is 10.1 Å². The molecule has 1 fully saturated rings. The fourth-order valence-corrected chi connectivity index (χ4v) is 5.10. The van der Waals surface area contributed by atoms with Crippen LogP contribution in [0.25, 0.3) is 0 Å². The molecular weight excluding hydrogens is 296 g/mol. The van der Waals surface area contributed by atoms with Crippen molar-refractivity contribution in [1.82, 2.24) is 10.2 Å². The Labute approximate surface area is 127 Å². The van der Waals surface area contributed by atoms with E-state index < -0.39 is 9.84 Å². The molecule has 0 aromatic heterocycles. The third-order valence-corrected chi connectivity index (χ3v) is 5.90. The van der Waals surface area contributed by atoms with Crippen LogP contribution >= 0.6 is 11.8 Å². The van der Waals surface area contributed by atoms with Gasteiger partial charge in [0.1, 0.15) is 5.37 Å². The first-order chi connectivity index (χ1) is 9.41. The first kappa shape index (κ1) is 18.2. The number of hydrogen-bond donors (Lipinski definition) is 1. The van der Waals surface area contributed by atoms with Crippen LogP contribution in [0.15, 0.2) is 0 Å². The molecule has 20 heavy (non-hydrogen) atoms. The fraction of sp³-hybridized carbons (Fsp3) is 1.00. The first-order valence-electron chi connectivity index (χ1n) is 7.24. The summed E-state index contributed by atoms with van der Waals surface area (Å²) in [5.41, 5.74) is 0. The molecule has 1 heterocycles. The second-order valence-corrected chi connectivity index (χ2v) is 8.77. The molecule has 1 aliphatic heterocycles. The van der Waals surface area contributed by atoms with Gasteiger partial charge in [0.05, 0.1) is 6.10 Å². The molecule has 0 saturated carbocycles. The van der Waals surface area contributed by atoms with Gasteiger partial charge >= 0.3 is 0 Å². The first-order valence-corrected chi connectivity index (χ1v) is 10.3. The summed E-state index contributed by atoms with van der Waals surface area (Å²) < 4.78 is 29.0. The Hall–Kier alpha value is 0.180. The lowest BCUT2D eigenvalue weighted by atomic mass is 10.4. The Morgan fingerprint density at radius 3 is 2.80 bits per heavy atom. The number of sulfone groups is 1. The molecule has 1 rings (SSSR count). The largest absolute Gasteiger partial charge is 0.379 e. The second-order valence-electron chi connectivity index (χ2n) is 5.42. The summed E-state index contributed by atoms with van der Waals surface area (Å²) in [4.78, 5) is 2.09. The molecule has 120 valence electrons. The molecule has 0 radical (unpaired) electrons. The Morgan fingerprint density at radius 2 is 2.15 bits per heavy atom. The quantitative estimate of drug-likeness (QED) is 0.634. The van der Waals surface area contributed by atoms with Gasteiger partial charge in [-0.15, -0.1) is 0 Å². The third-order valence-electron chi connectivity index (χ3n) is 3.21. The monoisotopic (exact) mass is 324 g/mol. The zero-order valence-corrected chi connectivity index (χ0v) is 14.4. The summed E-state index contributed by atoms with van der Waals surface area (Å²) in [7, 11) is -2.98. The van der Waals surface area contributed by atoms with Gasteiger partial charge in [0.25, 0.3) is 0 Å². The average molecular weight is 325 g/mol. The number of hydrogen-bond acceptors (Lipinski definition) is 6. The Kier molecular flexibility index (Phi) is 8.43. The summed E-state index contributed by atoms with van der Waals surface area (Å²) in [5.74, 6) is 1.72. The molecular formula is C13H28N2O3S2. The van der Waals surface area contributed by atoms with Gasteiger partial charge in [-0.1, -0.05) is 0 Å². The smallest absolute Gasteiger partial charge is 0.164 e. The van der Waals surface area contributed by atoms with Crippen LogP contribution in [0.1, 0.15) is 20.3 Å². The molecule has 1 saturated heterocycles. The summed E-state index contributed by atoms with van der Waals surface area (Å²) in [5, 5.41) is 3.04. The highest BCUT2D eigenvalue weighted by Gasteiger charge is 2.30. The molecule has 0 aliphatic carbocycles. The van der Waals surface area contributed by atoms with Crippen molar-refractivity contribution < 1.29 is 13.2 Å². The maximum Gasteiger partial charge on any atom is 0.164 e. The summed E-state index contributed by atoms with van der Waals surface area (Å²) in [6.07, 6.45) is 2.62. The molecule has 0 bridgehead atoms. The van der Waals surface area contributed by atoms with Crippen molar-refractivity contribution in [3.05, 3.63) is 0 Å². The molecule has 1 unspecified atom stereocenters. The van der Waals surface area contributed by atoms with Gasteiger partial charge in [-0.05, 0) is 26.8 Å². The normalized spacial score (nSPS) is 21.5. The van der Waals surface area contributed by atoms with E-state index in [0.717, 1.165) is 45.0 Å². The average Bonchev–Trinajstić information content (AvgIpc) is 2.36. The fourth-order valence-electron chi connectivity index (χ4n) is 2.13. The van der Waals surface area contributed by atoms with Crippen LogP contribution in [0.4, 0.5) is 0 Å². The van der Waals surface area contributed by atoms with E-state index in [1.54, 1.807) is 11.8 Å². The van der Waals surface area contributed by atoms with E-state index in [4.69, 9.17) is 4.74 Å². The van der Waals surface area contributed by atoms with Crippen LogP contribution in [0.5, 0.6) is 0 Å². The van der Waals surface area contributed by atoms with E-state index in [1.807, 2.05) is 13.8 Å². The summed E-state index contributed by atoms with van der Waals surface area (Å²) >= 11 is 1.73. The van der Waals surface area contributed by atoms with Crippen LogP contribution in [0, 0.1) is 0 Å². The standard InChI is InChI=1S/C13H28N2O3S2/c1-12(2)18-9-4-5-14-6-7-15-8-10-19-11-13(15)20(3,16)17/h12-14H,4-11H2,1-3H3. The molecule has 5 nitrogen and oxygen atoms in total. The van der Waals surface area contributed by atoms with Crippen molar-refractivity contribution in [2.75, 3.05) is 50.5 Å². The molecule has 1 atom stereocenters. The van der Waals surface area contributed by atoms with Gasteiger partial charge in [-0.25, -0.2) is 8.42 Å². The molecule has 7 heteroatoms. The van der Waals surface area contributed by atoms with Crippen molar-refractivity contribution in [3.8, 4) is 0 Å². The topological polar surface area (TPSA) is 58.6 Å². The van der Waals surface area contributed by atoms with Gasteiger partial charge in [0.15, 0.2) is 9.84 Å². The Balaban J connectivity index is 2.16. The minimum atomic E-state index is -2.98. The Morgan fingerprint density at radius 1 is 1.40 bits per heavy atom. The summed E-state index contributed by atoms with van der Waals surface area (Å²) in [6, 6.07) is 0. The van der Waals surface area contributed by atoms with E-state index in [2.05, 4.69) is 10.2 Å². The molecule has 0 aromatic rings. The van der Waals surface area contributed by atoms with Gasteiger partial charge in [0, 0.05) is 44.0 Å². The zero-order chi connectivity index (χ0) is 15.0. The molecule has 1 N–H and O–H groups in total. The SMILES string of the molecule is CC(C)OCCCNCCN1CCSCC1S(C)(=O)=O. The van der Waals surface area contributed by atoms with E-state index in [0.29, 0.717) is 5.75 Å². The predicted molar refractivity (Wildman–Crippen MR) is 86.1 cm³/mol. The van der Waals surface area contributed by atoms with Crippen LogP contribution < -0.4 is 5.32 Å². The van der Waals surface area contributed by atoms with E-state index in [-0.39, 0.29) is 11.5 Å². The second kappa shape index (κ2) is 9.25. The van der Waals surface area contributed by atoms with E-state index >= 15 is 0 Å². The molecule has 0 spiro atoms. The lowest BCUT2D eigenvalue weighted by Crippen LogP contribution is -2.49. The van der Waals surface area contributed by atoms with Gasteiger partial charge in [-0.3, -0.25) is 4.90 Å². The molecule has 0 amide bonds. The highest BCUT2D eigenvalue weighted by atomic mass is 32.2. The lowest BCUT2D eigenvalue weighted by Gasteiger charge is -2.33. The number of ether oxygens (including phenoxy) is 1. The van der Waals surface area contributed by atoms with Crippen LogP contribution in [0.3, 0.4) is 0 Å². The van der Waals surface area contributed by atoms with E-state index in [1.165, 1.54) is 6.26 Å². The lowest BCUT2D eigenvalue weighted by molar-refractivity contribution is 0.0770. The zero-order valence-electron chi connectivity index (χ0n) is 12.8. The van der Waals surface area contributed by atoms with Gasteiger partial charge in [0.2, 0.25) is 0 Å². The number of nitrogens with zero attached hydrogens (tertiary/aromatic N) is 1. The van der Waals surface area contributed by atoms with Crippen molar-refractivity contribution in [3.63, 3.8) is 0 Å². The summed E-state index contributed by atoms with van der Waals surface area (Å²) in [6.45, 7) is 8.25. The number of nitrogens with one attached hydrogen (secondary N) is 1. The minimum Gasteiger partial charge on any atom is -0.379 e. The maximum atomic E-state index is 11.7.